The van der Waals surface area contributed by atoms with Crippen molar-refractivity contribution in [2.75, 3.05) is 20.8 Å². The number of hydrogen-bond donors (Lipinski definition) is 1. The quantitative estimate of drug-likeness (QED) is 0.743. The Morgan fingerprint density at radius 2 is 2.00 bits per heavy atom. The van der Waals surface area contributed by atoms with Crippen LogP contribution in [0.4, 0.5) is 0 Å². The van der Waals surface area contributed by atoms with Crippen molar-refractivity contribution >= 4 is 5.97 Å². The molecule has 0 aliphatic rings. The molecule has 0 aliphatic carbocycles. The SMILES string of the molecule is CCC(C)OCCC(NC)(C(=O)OC)c1ccccc1. The van der Waals surface area contributed by atoms with Crippen molar-refractivity contribution in [1.82, 2.24) is 5.32 Å². The number of likely N-dealkylation sites (N-methyl/N-ethyl adjacent to an activating group) is 1. The maximum atomic E-state index is 12.3. The van der Waals surface area contributed by atoms with E-state index in [2.05, 4.69) is 12.2 Å². The van der Waals surface area contributed by atoms with Crippen LogP contribution < -0.4 is 5.32 Å². The number of rotatable bonds is 8. The first-order valence-electron chi connectivity index (χ1n) is 7.05. The lowest BCUT2D eigenvalue weighted by Gasteiger charge is -2.31. The first kappa shape index (κ1) is 16.7. The Hall–Kier alpha value is -1.39. The molecule has 112 valence electrons. The topological polar surface area (TPSA) is 47.6 Å². The maximum absolute atomic E-state index is 12.3. The van der Waals surface area contributed by atoms with E-state index in [4.69, 9.17) is 9.47 Å². The molecule has 0 saturated carbocycles. The number of carbonyl (C=O) groups is 1. The number of hydrogen-bond acceptors (Lipinski definition) is 4. The second-order valence-corrected chi connectivity index (χ2v) is 4.85. The van der Waals surface area contributed by atoms with Crippen LogP contribution in [0.15, 0.2) is 30.3 Å². The molecule has 0 spiro atoms. The molecule has 0 aliphatic heterocycles. The largest absolute Gasteiger partial charge is 0.467 e. The van der Waals surface area contributed by atoms with E-state index in [9.17, 15) is 4.79 Å². The van der Waals surface area contributed by atoms with E-state index >= 15 is 0 Å². The Kier molecular flexibility index (Phi) is 6.68. The van der Waals surface area contributed by atoms with Gasteiger partial charge in [-0.25, -0.2) is 4.79 Å². The Morgan fingerprint density at radius 3 is 2.50 bits per heavy atom. The van der Waals surface area contributed by atoms with Crippen LogP contribution in [-0.4, -0.2) is 32.8 Å². The van der Waals surface area contributed by atoms with Gasteiger partial charge >= 0.3 is 5.97 Å². The Bertz CT molecular complexity index is 407. The van der Waals surface area contributed by atoms with Crippen LogP contribution in [0.5, 0.6) is 0 Å². The highest BCUT2D eigenvalue weighted by atomic mass is 16.5. The third kappa shape index (κ3) is 3.81. The molecule has 1 N–H and O–H groups in total. The van der Waals surface area contributed by atoms with Crippen molar-refractivity contribution in [3.63, 3.8) is 0 Å². The second kappa shape index (κ2) is 8.02. The average Bonchev–Trinajstić information content (AvgIpc) is 2.51. The summed E-state index contributed by atoms with van der Waals surface area (Å²) in [5.74, 6) is -0.293. The molecular weight excluding hydrogens is 254 g/mol. The fraction of sp³-hybridized carbons (Fsp3) is 0.562. The predicted octanol–water partition coefficient (Wildman–Crippen LogP) is 2.48. The smallest absolute Gasteiger partial charge is 0.330 e. The van der Waals surface area contributed by atoms with Gasteiger partial charge in [-0.15, -0.1) is 0 Å². The lowest BCUT2D eigenvalue weighted by Crippen LogP contribution is -2.49. The number of nitrogens with one attached hydrogen (secondary N) is 1. The minimum Gasteiger partial charge on any atom is -0.467 e. The normalized spacial score (nSPS) is 15.4. The second-order valence-electron chi connectivity index (χ2n) is 4.85. The molecule has 1 aromatic carbocycles. The van der Waals surface area contributed by atoms with Gasteiger partial charge in [0.15, 0.2) is 0 Å². The summed E-state index contributed by atoms with van der Waals surface area (Å²) < 4.78 is 10.7. The highest BCUT2D eigenvalue weighted by Crippen LogP contribution is 2.26. The average molecular weight is 279 g/mol. The molecule has 0 bridgehead atoms. The zero-order valence-electron chi connectivity index (χ0n) is 12.8. The van der Waals surface area contributed by atoms with Crippen LogP contribution in [0.25, 0.3) is 0 Å². The molecule has 2 unspecified atom stereocenters. The molecule has 1 aromatic rings. The Balaban J connectivity index is 2.92. The van der Waals surface area contributed by atoms with Crippen LogP contribution >= 0.6 is 0 Å². The zero-order valence-corrected chi connectivity index (χ0v) is 12.8. The maximum Gasteiger partial charge on any atom is 0.330 e. The minimum atomic E-state index is -0.858. The summed E-state index contributed by atoms with van der Waals surface area (Å²) in [5, 5.41) is 3.12. The van der Waals surface area contributed by atoms with Crippen molar-refractivity contribution < 1.29 is 14.3 Å². The summed E-state index contributed by atoms with van der Waals surface area (Å²) in [5.41, 5.74) is 0.0332. The van der Waals surface area contributed by atoms with E-state index in [1.807, 2.05) is 37.3 Å². The van der Waals surface area contributed by atoms with E-state index in [1.165, 1.54) is 7.11 Å². The van der Waals surface area contributed by atoms with Crippen molar-refractivity contribution in [3.8, 4) is 0 Å². The Morgan fingerprint density at radius 1 is 1.35 bits per heavy atom. The fourth-order valence-corrected chi connectivity index (χ4v) is 2.16. The van der Waals surface area contributed by atoms with Gasteiger partial charge in [0.1, 0.15) is 5.54 Å². The molecule has 4 heteroatoms. The van der Waals surface area contributed by atoms with Crippen molar-refractivity contribution in [3.05, 3.63) is 35.9 Å². The van der Waals surface area contributed by atoms with Gasteiger partial charge < -0.3 is 14.8 Å². The van der Waals surface area contributed by atoms with Crippen molar-refractivity contribution in [1.29, 1.82) is 0 Å². The summed E-state index contributed by atoms with van der Waals surface area (Å²) in [4.78, 5) is 12.3. The molecule has 0 radical (unpaired) electrons. The molecule has 0 aromatic heterocycles. The zero-order chi connectivity index (χ0) is 15.0. The molecular formula is C16H25NO3. The summed E-state index contributed by atoms with van der Waals surface area (Å²) in [6.07, 6.45) is 1.68. The molecule has 2 atom stereocenters. The number of benzene rings is 1. The standard InChI is InChI=1S/C16H25NO3/c1-5-13(2)20-12-11-16(17-3,15(18)19-4)14-9-7-6-8-10-14/h6-10,13,17H,5,11-12H2,1-4H3. The summed E-state index contributed by atoms with van der Waals surface area (Å²) >= 11 is 0. The van der Waals surface area contributed by atoms with Crippen LogP contribution in [0.2, 0.25) is 0 Å². The van der Waals surface area contributed by atoms with Gasteiger partial charge in [-0.2, -0.15) is 0 Å². The van der Waals surface area contributed by atoms with Gasteiger partial charge in [-0.1, -0.05) is 37.3 Å². The van der Waals surface area contributed by atoms with E-state index in [0.29, 0.717) is 13.0 Å². The molecule has 0 saturated heterocycles. The van der Waals surface area contributed by atoms with Crippen LogP contribution in [0, 0.1) is 0 Å². The molecule has 0 heterocycles. The van der Waals surface area contributed by atoms with Gasteiger partial charge in [-0.3, -0.25) is 0 Å². The van der Waals surface area contributed by atoms with E-state index in [0.717, 1.165) is 12.0 Å². The first-order chi connectivity index (χ1) is 9.60. The third-order valence-corrected chi connectivity index (χ3v) is 3.68. The minimum absolute atomic E-state index is 0.193. The lowest BCUT2D eigenvalue weighted by atomic mass is 9.87. The molecule has 4 nitrogen and oxygen atoms in total. The molecule has 0 fully saturated rings. The van der Waals surface area contributed by atoms with E-state index in [-0.39, 0.29) is 12.1 Å². The summed E-state index contributed by atoms with van der Waals surface area (Å²) in [6, 6.07) is 9.62. The van der Waals surface area contributed by atoms with Gasteiger partial charge in [0.2, 0.25) is 0 Å². The lowest BCUT2D eigenvalue weighted by molar-refractivity contribution is -0.150. The first-order valence-corrected chi connectivity index (χ1v) is 7.05. The molecule has 20 heavy (non-hydrogen) atoms. The number of esters is 1. The van der Waals surface area contributed by atoms with Crippen molar-refractivity contribution in [2.24, 2.45) is 0 Å². The van der Waals surface area contributed by atoms with Crippen LogP contribution in [0.1, 0.15) is 32.3 Å². The van der Waals surface area contributed by atoms with Gasteiger partial charge in [0.25, 0.3) is 0 Å². The third-order valence-electron chi connectivity index (χ3n) is 3.68. The summed E-state index contributed by atoms with van der Waals surface area (Å²) in [6.45, 7) is 4.61. The number of methoxy groups -OCH3 is 1. The van der Waals surface area contributed by atoms with Crippen LogP contribution in [-0.2, 0) is 19.8 Å². The van der Waals surface area contributed by atoms with Gasteiger partial charge in [0, 0.05) is 13.0 Å². The van der Waals surface area contributed by atoms with Gasteiger partial charge in [-0.05, 0) is 26.0 Å². The van der Waals surface area contributed by atoms with E-state index < -0.39 is 5.54 Å². The van der Waals surface area contributed by atoms with Gasteiger partial charge in [0.05, 0.1) is 13.2 Å². The highest BCUT2D eigenvalue weighted by molar-refractivity contribution is 5.82. The van der Waals surface area contributed by atoms with Crippen LogP contribution in [0.3, 0.4) is 0 Å². The number of ether oxygens (including phenoxy) is 2. The highest BCUT2D eigenvalue weighted by Gasteiger charge is 2.39. The summed E-state index contributed by atoms with van der Waals surface area (Å²) in [7, 11) is 3.18. The number of carbonyl (C=O) groups excluding carboxylic acids is 1. The van der Waals surface area contributed by atoms with E-state index in [1.54, 1.807) is 7.05 Å². The molecule has 0 amide bonds. The predicted molar refractivity (Wildman–Crippen MR) is 79.5 cm³/mol. The fourth-order valence-electron chi connectivity index (χ4n) is 2.16. The monoisotopic (exact) mass is 279 g/mol. The molecule has 1 rings (SSSR count). The Labute approximate surface area is 121 Å². The van der Waals surface area contributed by atoms with Crippen molar-refractivity contribution in [2.45, 2.75) is 38.3 Å².